The van der Waals surface area contributed by atoms with Gasteiger partial charge in [0.1, 0.15) is 5.60 Å². The second kappa shape index (κ2) is 2.25. The summed E-state index contributed by atoms with van der Waals surface area (Å²) in [6.07, 6.45) is 0. The van der Waals surface area contributed by atoms with Gasteiger partial charge in [-0.15, -0.1) is 0 Å². The van der Waals surface area contributed by atoms with E-state index in [1.54, 1.807) is 4.68 Å². The lowest BCUT2D eigenvalue weighted by molar-refractivity contribution is 0.0686. The van der Waals surface area contributed by atoms with Crippen molar-refractivity contribution in [2.45, 2.75) is 26.0 Å². The van der Waals surface area contributed by atoms with Gasteiger partial charge in [-0.05, 0) is 13.8 Å². The van der Waals surface area contributed by atoms with Crippen LogP contribution in [-0.2, 0) is 6.54 Å². The van der Waals surface area contributed by atoms with E-state index in [1.807, 2.05) is 13.8 Å². The van der Waals surface area contributed by atoms with Crippen molar-refractivity contribution in [3.63, 3.8) is 0 Å². The molecule has 0 fully saturated rings. The van der Waals surface area contributed by atoms with Gasteiger partial charge < -0.3 is 9.84 Å². The van der Waals surface area contributed by atoms with Crippen molar-refractivity contribution in [3.05, 3.63) is 11.8 Å². The molecule has 0 bridgehead atoms. The van der Waals surface area contributed by atoms with Crippen molar-refractivity contribution in [1.29, 1.82) is 0 Å². The van der Waals surface area contributed by atoms with Crippen LogP contribution in [0.4, 0.5) is 0 Å². The van der Waals surface area contributed by atoms with Gasteiger partial charge >= 0.3 is 5.97 Å². The summed E-state index contributed by atoms with van der Waals surface area (Å²) in [5.41, 5.74) is -0.246. The Morgan fingerprint density at radius 2 is 2.46 bits per heavy atom. The van der Waals surface area contributed by atoms with E-state index in [1.165, 1.54) is 6.07 Å². The van der Waals surface area contributed by atoms with Crippen molar-refractivity contribution in [2.24, 2.45) is 0 Å². The molecule has 1 aliphatic rings. The Balaban J connectivity index is 2.34. The molecule has 13 heavy (non-hydrogen) atoms. The highest BCUT2D eigenvalue weighted by Crippen LogP contribution is 2.28. The summed E-state index contributed by atoms with van der Waals surface area (Å²) in [6.45, 7) is 4.46. The van der Waals surface area contributed by atoms with Crippen molar-refractivity contribution in [2.75, 3.05) is 0 Å². The summed E-state index contributed by atoms with van der Waals surface area (Å²) < 4.78 is 7.04. The van der Waals surface area contributed by atoms with E-state index in [0.29, 0.717) is 12.4 Å². The number of hydrogen-bond donors (Lipinski definition) is 1. The Morgan fingerprint density at radius 3 is 3.00 bits per heavy atom. The number of carbonyl (C=O) groups is 1. The lowest BCUT2D eigenvalue weighted by atomic mass is 10.1. The van der Waals surface area contributed by atoms with Gasteiger partial charge in [0.05, 0.1) is 6.54 Å². The van der Waals surface area contributed by atoms with Crippen LogP contribution in [0.5, 0.6) is 5.88 Å². The number of ether oxygens (including phenoxy) is 1. The summed E-state index contributed by atoms with van der Waals surface area (Å²) in [5, 5.41) is 12.5. The number of carboxylic acid groups (broad SMARTS) is 1. The molecule has 1 aliphatic heterocycles. The molecule has 0 amide bonds. The predicted octanol–water partition coefficient (Wildman–Crippen LogP) is 0.752. The molecule has 2 rings (SSSR count). The van der Waals surface area contributed by atoms with Crippen molar-refractivity contribution < 1.29 is 14.6 Å². The number of carboxylic acids is 1. The molecule has 2 heterocycles. The SMILES string of the molecule is CC1(C)Cn2nc(C(=O)O)cc2O1. The number of rotatable bonds is 1. The third-order valence-electron chi connectivity index (χ3n) is 1.87. The van der Waals surface area contributed by atoms with Crippen LogP contribution < -0.4 is 4.74 Å². The quantitative estimate of drug-likeness (QED) is 0.696. The predicted molar refractivity (Wildman–Crippen MR) is 43.9 cm³/mol. The Bertz CT molecular complexity index is 342. The monoisotopic (exact) mass is 182 g/mol. The third-order valence-corrected chi connectivity index (χ3v) is 1.87. The lowest BCUT2D eigenvalue weighted by Gasteiger charge is -2.15. The minimum absolute atomic E-state index is 0.0329. The minimum atomic E-state index is -1.02. The maximum atomic E-state index is 10.5. The average Bonchev–Trinajstić information content (AvgIpc) is 2.39. The molecule has 70 valence electrons. The summed E-state index contributed by atoms with van der Waals surface area (Å²) in [6, 6.07) is 1.44. The van der Waals surface area contributed by atoms with Gasteiger partial charge in [0.15, 0.2) is 5.69 Å². The maximum Gasteiger partial charge on any atom is 0.356 e. The molecule has 1 aromatic rings. The van der Waals surface area contributed by atoms with Crippen LogP contribution in [0, 0.1) is 0 Å². The first-order valence-electron chi connectivity index (χ1n) is 3.98. The molecule has 0 radical (unpaired) electrons. The van der Waals surface area contributed by atoms with Crippen LogP contribution in [0.3, 0.4) is 0 Å². The molecule has 1 aromatic heterocycles. The zero-order valence-electron chi connectivity index (χ0n) is 7.44. The first-order chi connectivity index (χ1) is 5.98. The fraction of sp³-hybridized carbons (Fsp3) is 0.500. The first-order valence-corrected chi connectivity index (χ1v) is 3.98. The van der Waals surface area contributed by atoms with Crippen LogP contribution in [0.25, 0.3) is 0 Å². The Hall–Kier alpha value is -1.52. The van der Waals surface area contributed by atoms with Gasteiger partial charge in [-0.1, -0.05) is 0 Å². The topological polar surface area (TPSA) is 64.4 Å². The third kappa shape index (κ3) is 1.26. The normalized spacial score (nSPS) is 18.0. The lowest BCUT2D eigenvalue weighted by Crippen LogP contribution is -2.26. The van der Waals surface area contributed by atoms with Crippen molar-refractivity contribution >= 4 is 5.97 Å². The molecule has 0 aromatic carbocycles. The largest absolute Gasteiger partial charge is 0.476 e. The fourth-order valence-electron chi connectivity index (χ4n) is 1.38. The smallest absolute Gasteiger partial charge is 0.356 e. The minimum Gasteiger partial charge on any atom is -0.476 e. The zero-order chi connectivity index (χ0) is 9.64. The molecule has 0 atom stereocenters. The first kappa shape index (κ1) is 8.10. The van der Waals surface area contributed by atoms with Crippen LogP contribution >= 0.6 is 0 Å². The van der Waals surface area contributed by atoms with Gasteiger partial charge in [-0.3, -0.25) is 0 Å². The molecule has 0 spiro atoms. The molecule has 5 heteroatoms. The van der Waals surface area contributed by atoms with Crippen LogP contribution in [0.1, 0.15) is 24.3 Å². The highest BCUT2D eigenvalue weighted by atomic mass is 16.5. The summed E-state index contributed by atoms with van der Waals surface area (Å²) >= 11 is 0. The Morgan fingerprint density at radius 1 is 1.77 bits per heavy atom. The van der Waals surface area contributed by atoms with E-state index in [0.717, 1.165) is 0 Å². The zero-order valence-corrected chi connectivity index (χ0v) is 7.44. The second-order valence-corrected chi connectivity index (χ2v) is 3.69. The maximum absolute atomic E-state index is 10.5. The van der Waals surface area contributed by atoms with E-state index < -0.39 is 5.97 Å². The second-order valence-electron chi connectivity index (χ2n) is 3.69. The van der Waals surface area contributed by atoms with Gasteiger partial charge in [0.2, 0.25) is 5.88 Å². The highest BCUT2D eigenvalue weighted by molar-refractivity contribution is 5.85. The number of aromatic nitrogens is 2. The number of nitrogens with zero attached hydrogens (tertiary/aromatic N) is 2. The molecule has 5 nitrogen and oxygen atoms in total. The van der Waals surface area contributed by atoms with E-state index in [4.69, 9.17) is 9.84 Å². The van der Waals surface area contributed by atoms with E-state index in [-0.39, 0.29) is 11.3 Å². The molecular formula is C8H10N2O3. The number of fused-ring (bicyclic) bond motifs is 1. The van der Waals surface area contributed by atoms with Crippen molar-refractivity contribution in [3.8, 4) is 5.88 Å². The number of hydrogen-bond acceptors (Lipinski definition) is 3. The van der Waals surface area contributed by atoms with Crippen molar-refractivity contribution in [1.82, 2.24) is 9.78 Å². The van der Waals surface area contributed by atoms with Crippen LogP contribution in [-0.4, -0.2) is 26.5 Å². The highest BCUT2D eigenvalue weighted by Gasteiger charge is 2.32. The summed E-state index contributed by atoms with van der Waals surface area (Å²) in [5.74, 6) is -0.495. The van der Waals surface area contributed by atoms with E-state index >= 15 is 0 Å². The molecular weight excluding hydrogens is 172 g/mol. The van der Waals surface area contributed by atoms with Crippen LogP contribution in [0.15, 0.2) is 6.07 Å². The molecule has 0 saturated carbocycles. The number of aromatic carboxylic acids is 1. The van der Waals surface area contributed by atoms with E-state index in [2.05, 4.69) is 5.10 Å². The molecule has 0 saturated heterocycles. The van der Waals surface area contributed by atoms with Gasteiger partial charge in [0, 0.05) is 6.07 Å². The van der Waals surface area contributed by atoms with Crippen LogP contribution in [0.2, 0.25) is 0 Å². The molecule has 1 N–H and O–H groups in total. The Labute approximate surface area is 74.9 Å². The van der Waals surface area contributed by atoms with Gasteiger partial charge in [-0.25, -0.2) is 9.48 Å². The van der Waals surface area contributed by atoms with Gasteiger partial charge in [-0.2, -0.15) is 5.10 Å². The summed E-state index contributed by atoms with van der Waals surface area (Å²) in [4.78, 5) is 10.5. The standard InChI is InChI=1S/C8H10N2O3/c1-8(2)4-10-6(13-8)3-5(9-10)7(11)12/h3H,4H2,1-2H3,(H,11,12). The molecule has 0 aliphatic carbocycles. The Kier molecular flexibility index (Phi) is 1.40. The summed E-state index contributed by atoms with van der Waals surface area (Å²) in [7, 11) is 0. The van der Waals surface area contributed by atoms with Gasteiger partial charge in [0.25, 0.3) is 0 Å². The van der Waals surface area contributed by atoms with E-state index in [9.17, 15) is 4.79 Å². The molecule has 0 unspecified atom stereocenters. The average molecular weight is 182 g/mol. The fourth-order valence-corrected chi connectivity index (χ4v) is 1.38.